The van der Waals surface area contributed by atoms with Crippen molar-refractivity contribution in [1.82, 2.24) is 0 Å². The predicted molar refractivity (Wildman–Crippen MR) is 86.9 cm³/mol. The zero-order chi connectivity index (χ0) is 14.8. The van der Waals surface area contributed by atoms with Gasteiger partial charge in [-0.3, -0.25) is 10.6 Å². The van der Waals surface area contributed by atoms with Crippen LogP contribution in [-0.2, 0) is 10.0 Å². The van der Waals surface area contributed by atoms with Gasteiger partial charge in [-0.05, 0) is 58.4 Å². The molecule has 106 valence electrons. The van der Waals surface area contributed by atoms with Gasteiger partial charge in [0, 0.05) is 14.6 Å². The lowest BCUT2D eigenvalue weighted by Gasteiger charge is -2.10. The van der Waals surface area contributed by atoms with Crippen LogP contribution in [0, 0.1) is 0 Å². The van der Waals surface area contributed by atoms with Crippen LogP contribution in [-0.4, -0.2) is 8.42 Å². The fourth-order valence-corrected chi connectivity index (χ4v) is 3.42. The van der Waals surface area contributed by atoms with Gasteiger partial charge in [0.2, 0.25) is 0 Å². The second kappa shape index (κ2) is 6.13. The first-order valence-corrected chi connectivity index (χ1v) is 8.54. The third-order valence-corrected chi connectivity index (χ3v) is 5.07. The summed E-state index contributed by atoms with van der Waals surface area (Å²) < 4.78 is 28.5. The number of hydrogen-bond acceptors (Lipinski definition) is 4. The van der Waals surface area contributed by atoms with Crippen molar-refractivity contribution < 1.29 is 8.42 Å². The third-order valence-electron chi connectivity index (χ3n) is 2.50. The van der Waals surface area contributed by atoms with Crippen LogP contribution in [0.5, 0.6) is 0 Å². The lowest BCUT2D eigenvalue weighted by molar-refractivity contribution is 0.601. The first-order valence-electron chi connectivity index (χ1n) is 5.47. The molecular formula is C12H11Br2N3O2S. The van der Waals surface area contributed by atoms with E-state index in [-0.39, 0.29) is 4.90 Å². The van der Waals surface area contributed by atoms with E-state index in [1.807, 2.05) is 6.07 Å². The molecule has 2 rings (SSSR count). The van der Waals surface area contributed by atoms with Gasteiger partial charge in [-0.15, -0.1) is 0 Å². The van der Waals surface area contributed by atoms with Crippen LogP contribution < -0.4 is 16.0 Å². The number of anilines is 2. The van der Waals surface area contributed by atoms with Gasteiger partial charge in [0.15, 0.2) is 0 Å². The highest BCUT2D eigenvalue weighted by Gasteiger charge is 2.15. The molecule has 0 aliphatic carbocycles. The highest BCUT2D eigenvalue weighted by atomic mass is 79.9. The smallest absolute Gasteiger partial charge is 0.261 e. The standard InChI is InChI=1S/C12H11Br2N3O2S/c13-8-1-6-11(14)12(7-8)17-20(18,19)10-4-2-9(16-15)3-5-10/h1-7,16-17H,15H2. The fourth-order valence-electron chi connectivity index (χ4n) is 1.51. The summed E-state index contributed by atoms with van der Waals surface area (Å²) in [5.41, 5.74) is 3.53. The molecule has 0 saturated carbocycles. The number of nitrogen functional groups attached to an aromatic ring is 1. The molecule has 0 atom stereocenters. The number of nitrogens with two attached hydrogens (primary N) is 1. The second-order valence-corrected chi connectivity index (χ2v) is 7.35. The number of nitrogens with one attached hydrogen (secondary N) is 2. The molecule has 0 aromatic heterocycles. The molecule has 0 aliphatic heterocycles. The Balaban J connectivity index is 2.32. The summed E-state index contributed by atoms with van der Waals surface area (Å²) in [6, 6.07) is 11.4. The zero-order valence-corrected chi connectivity index (χ0v) is 14.1. The van der Waals surface area contributed by atoms with Crippen molar-refractivity contribution in [2.24, 2.45) is 5.84 Å². The van der Waals surface area contributed by atoms with E-state index in [1.165, 1.54) is 12.1 Å². The summed E-state index contributed by atoms with van der Waals surface area (Å²) in [4.78, 5) is 0.156. The minimum absolute atomic E-state index is 0.156. The molecule has 20 heavy (non-hydrogen) atoms. The van der Waals surface area contributed by atoms with E-state index < -0.39 is 10.0 Å². The van der Waals surface area contributed by atoms with Crippen molar-refractivity contribution in [2.45, 2.75) is 4.90 Å². The molecule has 0 heterocycles. The summed E-state index contributed by atoms with van der Waals surface area (Å²) in [5.74, 6) is 5.24. The van der Waals surface area contributed by atoms with Crippen molar-refractivity contribution >= 4 is 53.3 Å². The van der Waals surface area contributed by atoms with Gasteiger partial charge >= 0.3 is 0 Å². The van der Waals surface area contributed by atoms with Crippen molar-refractivity contribution in [2.75, 3.05) is 10.1 Å². The molecule has 0 fully saturated rings. The molecule has 0 amide bonds. The highest BCUT2D eigenvalue weighted by Crippen LogP contribution is 2.28. The quantitative estimate of drug-likeness (QED) is 0.523. The van der Waals surface area contributed by atoms with E-state index in [0.717, 1.165) is 4.47 Å². The van der Waals surface area contributed by atoms with Gasteiger partial charge < -0.3 is 5.43 Å². The number of hydrazine groups is 1. The Hall–Kier alpha value is -1.09. The topological polar surface area (TPSA) is 84.2 Å². The van der Waals surface area contributed by atoms with Crippen LogP contribution in [0.1, 0.15) is 0 Å². The molecule has 5 nitrogen and oxygen atoms in total. The summed E-state index contributed by atoms with van der Waals surface area (Å²) >= 11 is 6.61. The molecule has 0 saturated heterocycles. The fraction of sp³-hybridized carbons (Fsp3) is 0. The molecule has 8 heteroatoms. The number of rotatable bonds is 4. The lowest BCUT2D eigenvalue weighted by atomic mass is 10.3. The SMILES string of the molecule is NNc1ccc(S(=O)(=O)Nc2cc(Br)ccc2Br)cc1. The lowest BCUT2D eigenvalue weighted by Crippen LogP contribution is -2.13. The molecule has 0 radical (unpaired) electrons. The Kier molecular flexibility index (Phi) is 4.69. The van der Waals surface area contributed by atoms with Gasteiger partial charge in [0.05, 0.1) is 10.6 Å². The van der Waals surface area contributed by atoms with E-state index >= 15 is 0 Å². The average molecular weight is 421 g/mol. The number of hydrogen-bond donors (Lipinski definition) is 3. The summed E-state index contributed by atoms with van der Waals surface area (Å²) in [5, 5.41) is 0. The van der Waals surface area contributed by atoms with Crippen LogP contribution in [0.4, 0.5) is 11.4 Å². The van der Waals surface area contributed by atoms with Crippen molar-refractivity contribution in [3.05, 3.63) is 51.4 Å². The Morgan fingerprint density at radius 3 is 2.25 bits per heavy atom. The first-order chi connectivity index (χ1) is 9.42. The monoisotopic (exact) mass is 419 g/mol. The van der Waals surface area contributed by atoms with Crippen molar-refractivity contribution in [3.63, 3.8) is 0 Å². The molecule has 0 aliphatic rings. The van der Waals surface area contributed by atoms with E-state index in [2.05, 4.69) is 42.0 Å². The second-order valence-electron chi connectivity index (χ2n) is 3.90. The molecule has 4 N–H and O–H groups in total. The molecule has 2 aromatic carbocycles. The van der Waals surface area contributed by atoms with Crippen LogP contribution >= 0.6 is 31.9 Å². The van der Waals surface area contributed by atoms with Crippen LogP contribution in [0.15, 0.2) is 56.3 Å². The highest BCUT2D eigenvalue weighted by molar-refractivity contribution is 9.11. The third kappa shape index (κ3) is 3.51. The number of halogens is 2. The molecule has 0 spiro atoms. The van der Waals surface area contributed by atoms with Crippen LogP contribution in [0.3, 0.4) is 0 Å². The molecule has 0 unspecified atom stereocenters. The Bertz CT molecular complexity index is 718. The van der Waals surface area contributed by atoms with Crippen molar-refractivity contribution in [1.29, 1.82) is 0 Å². The van der Waals surface area contributed by atoms with E-state index in [0.29, 0.717) is 15.8 Å². The van der Waals surface area contributed by atoms with E-state index in [1.54, 1.807) is 24.3 Å². The van der Waals surface area contributed by atoms with Crippen molar-refractivity contribution in [3.8, 4) is 0 Å². The van der Waals surface area contributed by atoms with E-state index in [4.69, 9.17) is 5.84 Å². The van der Waals surface area contributed by atoms with Gasteiger partial charge in [-0.1, -0.05) is 15.9 Å². The van der Waals surface area contributed by atoms with Crippen LogP contribution in [0.2, 0.25) is 0 Å². The Morgan fingerprint density at radius 2 is 1.65 bits per heavy atom. The maximum atomic E-state index is 12.3. The Labute approximate surface area is 133 Å². The maximum absolute atomic E-state index is 12.3. The number of sulfonamides is 1. The summed E-state index contributed by atoms with van der Waals surface area (Å²) in [6.07, 6.45) is 0. The van der Waals surface area contributed by atoms with Gasteiger partial charge in [-0.25, -0.2) is 8.42 Å². The maximum Gasteiger partial charge on any atom is 0.261 e. The predicted octanol–water partition coefficient (Wildman–Crippen LogP) is 3.30. The summed E-state index contributed by atoms with van der Waals surface area (Å²) in [6.45, 7) is 0. The van der Waals surface area contributed by atoms with Gasteiger partial charge in [-0.2, -0.15) is 0 Å². The minimum atomic E-state index is -3.65. The number of benzene rings is 2. The minimum Gasteiger partial charge on any atom is -0.324 e. The molecular weight excluding hydrogens is 410 g/mol. The summed E-state index contributed by atoms with van der Waals surface area (Å²) in [7, 11) is -3.65. The van der Waals surface area contributed by atoms with E-state index in [9.17, 15) is 8.42 Å². The van der Waals surface area contributed by atoms with Gasteiger partial charge in [0.25, 0.3) is 10.0 Å². The van der Waals surface area contributed by atoms with Crippen LogP contribution in [0.25, 0.3) is 0 Å². The zero-order valence-electron chi connectivity index (χ0n) is 10.1. The largest absolute Gasteiger partial charge is 0.324 e. The Morgan fingerprint density at radius 1 is 1.00 bits per heavy atom. The molecule has 0 bridgehead atoms. The van der Waals surface area contributed by atoms with Gasteiger partial charge in [0.1, 0.15) is 0 Å². The first kappa shape index (κ1) is 15.3. The molecule has 2 aromatic rings. The normalized spacial score (nSPS) is 11.2. The average Bonchev–Trinajstić information content (AvgIpc) is 2.43.